The van der Waals surface area contributed by atoms with Crippen LogP contribution in [0.2, 0.25) is 0 Å². The summed E-state index contributed by atoms with van der Waals surface area (Å²) in [5.74, 6) is 0.459. The summed E-state index contributed by atoms with van der Waals surface area (Å²) in [6.45, 7) is 2.71. The highest BCUT2D eigenvalue weighted by Gasteiger charge is 2.46. The molecule has 0 bridgehead atoms. The van der Waals surface area contributed by atoms with Crippen LogP contribution in [0.1, 0.15) is 28.9 Å². The van der Waals surface area contributed by atoms with Gasteiger partial charge in [-0.25, -0.2) is 0 Å². The molecule has 0 radical (unpaired) electrons. The lowest BCUT2D eigenvalue weighted by Gasteiger charge is -2.39. The molecular formula is C19H20N2O2. The number of pyridine rings is 1. The van der Waals surface area contributed by atoms with Crippen LogP contribution in [-0.2, 0) is 4.74 Å². The number of rotatable bonds is 3. The maximum absolute atomic E-state index is 12.9. The number of hydrogen-bond donors (Lipinski definition) is 1. The Morgan fingerprint density at radius 1 is 1.26 bits per heavy atom. The average molecular weight is 308 g/mol. The number of aryl methyl sites for hydroxylation is 1. The highest BCUT2D eigenvalue weighted by atomic mass is 16.5. The zero-order chi connectivity index (χ0) is 15.8. The molecule has 0 spiro atoms. The summed E-state index contributed by atoms with van der Waals surface area (Å²) in [6.07, 6.45) is 4.09. The van der Waals surface area contributed by atoms with Crippen molar-refractivity contribution in [2.24, 2.45) is 5.92 Å². The lowest BCUT2D eigenvalue weighted by Crippen LogP contribution is -2.53. The molecule has 3 atom stereocenters. The van der Waals surface area contributed by atoms with E-state index in [0.29, 0.717) is 17.6 Å². The van der Waals surface area contributed by atoms with Gasteiger partial charge in [0.15, 0.2) is 0 Å². The number of fused-ring (bicyclic) bond motifs is 1. The van der Waals surface area contributed by atoms with E-state index >= 15 is 0 Å². The third kappa shape index (κ3) is 2.53. The van der Waals surface area contributed by atoms with Crippen molar-refractivity contribution in [2.45, 2.75) is 31.9 Å². The van der Waals surface area contributed by atoms with E-state index in [1.165, 1.54) is 0 Å². The van der Waals surface area contributed by atoms with Gasteiger partial charge in [0.2, 0.25) is 0 Å². The largest absolute Gasteiger partial charge is 0.378 e. The summed E-state index contributed by atoms with van der Waals surface area (Å²) in [4.78, 5) is 17.2. The van der Waals surface area contributed by atoms with Gasteiger partial charge in [0.1, 0.15) is 0 Å². The standard InChI is InChI=1S/C19H20N2O2/c1-12-18(14(7-9-20-12)13-5-3-2-4-6-13)19(22)21-16-11-17-15(16)8-10-23-17/h2-7,9,15-17H,8,10-11H2,1H3,(H,21,22)/t15-,16+,17+/m0/s1. The fourth-order valence-electron chi connectivity index (χ4n) is 3.72. The minimum atomic E-state index is -0.0233. The van der Waals surface area contributed by atoms with Gasteiger partial charge in [0, 0.05) is 24.8 Å². The number of hydrogen-bond acceptors (Lipinski definition) is 3. The second-order valence-corrected chi connectivity index (χ2v) is 6.36. The van der Waals surface area contributed by atoms with Gasteiger partial charge in [-0.2, -0.15) is 0 Å². The van der Waals surface area contributed by atoms with Crippen molar-refractivity contribution in [3.8, 4) is 11.1 Å². The molecule has 1 amide bonds. The molecule has 1 aliphatic carbocycles. The van der Waals surface area contributed by atoms with Gasteiger partial charge in [0.05, 0.1) is 17.4 Å². The van der Waals surface area contributed by atoms with E-state index in [-0.39, 0.29) is 11.9 Å². The van der Waals surface area contributed by atoms with Crippen LogP contribution in [0.4, 0.5) is 0 Å². The normalized spacial score (nSPS) is 25.5. The lowest BCUT2D eigenvalue weighted by molar-refractivity contribution is 0.00810. The molecule has 2 fully saturated rings. The number of carbonyl (C=O) groups is 1. The molecule has 4 heteroatoms. The Labute approximate surface area is 135 Å². The van der Waals surface area contributed by atoms with Crippen LogP contribution < -0.4 is 5.32 Å². The van der Waals surface area contributed by atoms with Gasteiger partial charge < -0.3 is 10.1 Å². The van der Waals surface area contributed by atoms with Crippen molar-refractivity contribution in [3.05, 3.63) is 53.9 Å². The Morgan fingerprint density at radius 2 is 2.09 bits per heavy atom. The number of aromatic nitrogens is 1. The third-order valence-electron chi connectivity index (χ3n) is 5.03. The summed E-state index contributed by atoms with van der Waals surface area (Å²) >= 11 is 0. The van der Waals surface area contributed by atoms with E-state index in [1.54, 1.807) is 6.20 Å². The number of nitrogens with one attached hydrogen (secondary N) is 1. The number of amides is 1. The SMILES string of the molecule is Cc1nccc(-c2ccccc2)c1C(=O)N[C@@H]1C[C@H]2OCC[C@@H]12. The Kier molecular flexibility index (Phi) is 3.62. The van der Waals surface area contributed by atoms with E-state index in [2.05, 4.69) is 10.3 Å². The lowest BCUT2D eigenvalue weighted by atomic mass is 9.76. The minimum absolute atomic E-state index is 0.0233. The first-order chi connectivity index (χ1) is 11.2. The molecule has 118 valence electrons. The van der Waals surface area contributed by atoms with Gasteiger partial charge in [-0.3, -0.25) is 9.78 Å². The first-order valence-electron chi connectivity index (χ1n) is 8.17. The van der Waals surface area contributed by atoms with Crippen LogP contribution in [0, 0.1) is 12.8 Å². The predicted molar refractivity (Wildman–Crippen MR) is 88.1 cm³/mol. The van der Waals surface area contributed by atoms with Crippen molar-refractivity contribution in [1.29, 1.82) is 0 Å². The zero-order valence-electron chi connectivity index (χ0n) is 13.2. The monoisotopic (exact) mass is 308 g/mol. The van der Waals surface area contributed by atoms with Crippen LogP contribution in [0.5, 0.6) is 0 Å². The second kappa shape index (κ2) is 5.78. The van der Waals surface area contributed by atoms with Crippen LogP contribution in [0.15, 0.2) is 42.6 Å². The molecule has 0 unspecified atom stereocenters. The average Bonchev–Trinajstić information content (AvgIpc) is 2.94. The molecule has 1 N–H and O–H groups in total. The van der Waals surface area contributed by atoms with Crippen molar-refractivity contribution in [1.82, 2.24) is 10.3 Å². The summed E-state index contributed by atoms with van der Waals surface area (Å²) in [7, 11) is 0. The highest BCUT2D eigenvalue weighted by Crippen LogP contribution is 2.39. The Balaban J connectivity index is 1.62. The molecule has 23 heavy (non-hydrogen) atoms. The van der Waals surface area contributed by atoms with Crippen LogP contribution >= 0.6 is 0 Å². The van der Waals surface area contributed by atoms with Gasteiger partial charge in [0.25, 0.3) is 5.91 Å². The van der Waals surface area contributed by atoms with E-state index in [9.17, 15) is 4.79 Å². The van der Waals surface area contributed by atoms with Gasteiger partial charge in [-0.05, 0) is 37.0 Å². The zero-order valence-corrected chi connectivity index (χ0v) is 13.2. The highest BCUT2D eigenvalue weighted by molar-refractivity contribution is 6.02. The smallest absolute Gasteiger partial charge is 0.253 e. The minimum Gasteiger partial charge on any atom is -0.378 e. The molecule has 2 aliphatic rings. The summed E-state index contributed by atoms with van der Waals surface area (Å²) in [6, 6.07) is 12.1. The number of ether oxygens (including phenoxy) is 1. The van der Waals surface area contributed by atoms with Gasteiger partial charge >= 0.3 is 0 Å². The van der Waals surface area contributed by atoms with Crippen LogP contribution in [0.3, 0.4) is 0 Å². The van der Waals surface area contributed by atoms with Crippen molar-refractivity contribution in [3.63, 3.8) is 0 Å². The van der Waals surface area contributed by atoms with Crippen LogP contribution in [0.25, 0.3) is 11.1 Å². The predicted octanol–water partition coefficient (Wildman–Crippen LogP) is 2.96. The van der Waals surface area contributed by atoms with E-state index in [1.807, 2.05) is 43.3 Å². The summed E-state index contributed by atoms with van der Waals surface area (Å²) in [5, 5.41) is 3.20. The molecule has 1 aliphatic heterocycles. The Hall–Kier alpha value is -2.20. The quantitative estimate of drug-likeness (QED) is 0.948. The Morgan fingerprint density at radius 3 is 2.87 bits per heavy atom. The molecule has 4 rings (SSSR count). The number of carbonyl (C=O) groups excluding carboxylic acids is 1. The van der Waals surface area contributed by atoms with Gasteiger partial charge in [-0.1, -0.05) is 30.3 Å². The van der Waals surface area contributed by atoms with Crippen molar-refractivity contribution < 1.29 is 9.53 Å². The first-order valence-corrected chi connectivity index (χ1v) is 8.17. The molecule has 2 aromatic rings. The maximum Gasteiger partial charge on any atom is 0.253 e. The molecule has 1 saturated heterocycles. The molecule has 1 aromatic carbocycles. The van der Waals surface area contributed by atoms with Crippen molar-refractivity contribution >= 4 is 5.91 Å². The molecule has 4 nitrogen and oxygen atoms in total. The molecule has 1 saturated carbocycles. The third-order valence-corrected chi connectivity index (χ3v) is 5.03. The summed E-state index contributed by atoms with van der Waals surface area (Å²) in [5.41, 5.74) is 3.43. The van der Waals surface area contributed by atoms with Crippen LogP contribution in [-0.4, -0.2) is 29.6 Å². The molecular weight excluding hydrogens is 288 g/mol. The maximum atomic E-state index is 12.9. The molecule has 1 aromatic heterocycles. The summed E-state index contributed by atoms with van der Waals surface area (Å²) < 4.78 is 5.62. The Bertz CT molecular complexity index is 729. The van der Waals surface area contributed by atoms with E-state index < -0.39 is 0 Å². The van der Waals surface area contributed by atoms with Gasteiger partial charge in [-0.15, -0.1) is 0 Å². The topological polar surface area (TPSA) is 51.2 Å². The fourth-order valence-corrected chi connectivity index (χ4v) is 3.72. The second-order valence-electron chi connectivity index (χ2n) is 6.36. The molecule has 2 heterocycles. The van der Waals surface area contributed by atoms with E-state index in [4.69, 9.17) is 4.74 Å². The fraction of sp³-hybridized carbons (Fsp3) is 0.368. The van der Waals surface area contributed by atoms with E-state index in [0.717, 1.165) is 36.3 Å². The number of nitrogens with zero attached hydrogens (tertiary/aromatic N) is 1. The number of benzene rings is 1. The first kappa shape index (κ1) is 14.4. The van der Waals surface area contributed by atoms with Crippen molar-refractivity contribution in [2.75, 3.05) is 6.61 Å².